The van der Waals surface area contributed by atoms with Crippen molar-refractivity contribution in [1.82, 2.24) is 5.32 Å². The molecule has 0 radical (unpaired) electrons. The molecule has 0 aliphatic carbocycles. The largest absolute Gasteiger partial charge is 0.371 e. The quantitative estimate of drug-likeness (QED) is 0.649. The Balaban J connectivity index is 2.46. The highest BCUT2D eigenvalue weighted by Crippen LogP contribution is 2.13. The number of rotatable bonds is 3. The molecule has 2 nitrogen and oxygen atoms in total. The number of morpholine rings is 1. The maximum absolute atomic E-state index is 5.65. The zero-order valence-electron chi connectivity index (χ0n) is 8.10. The van der Waals surface area contributed by atoms with E-state index in [0.29, 0.717) is 6.10 Å². The van der Waals surface area contributed by atoms with Crippen LogP contribution in [-0.2, 0) is 4.74 Å². The molecule has 70 valence electrons. The number of ether oxygens (including phenoxy) is 1. The fraction of sp³-hybridized carbons (Fsp3) is 0.800. The first-order valence-electron chi connectivity index (χ1n) is 4.89. The molecule has 0 aromatic carbocycles. The summed E-state index contributed by atoms with van der Waals surface area (Å²) in [5.74, 6) is 0. The van der Waals surface area contributed by atoms with Crippen molar-refractivity contribution in [3.05, 3.63) is 11.6 Å². The Hall–Kier alpha value is -0.340. The van der Waals surface area contributed by atoms with Gasteiger partial charge < -0.3 is 10.1 Å². The smallest absolute Gasteiger partial charge is 0.0909 e. The fourth-order valence-electron chi connectivity index (χ4n) is 1.57. The molecule has 0 spiro atoms. The van der Waals surface area contributed by atoms with Crippen molar-refractivity contribution < 1.29 is 4.74 Å². The van der Waals surface area contributed by atoms with Gasteiger partial charge in [0.1, 0.15) is 0 Å². The second kappa shape index (κ2) is 5.33. The molecule has 12 heavy (non-hydrogen) atoms. The average Bonchev–Trinajstić information content (AvgIpc) is 2.15. The van der Waals surface area contributed by atoms with Crippen LogP contribution in [0.3, 0.4) is 0 Å². The van der Waals surface area contributed by atoms with E-state index in [2.05, 4.69) is 25.2 Å². The molecule has 1 saturated heterocycles. The minimum atomic E-state index is 0.337. The first kappa shape index (κ1) is 9.75. The van der Waals surface area contributed by atoms with Crippen LogP contribution in [-0.4, -0.2) is 25.8 Å². The minimum Gasteiger partial charge on any atom is -0.371 e. The first-order chi connectivity index (χ1) is 5.88. The van der Waals surface area contributed by atoms with Crippen LogP contribution in [0.5, 0.6) is 0 Å². The van der Waals surface area contributed by atoms with E-state index in [-0.39, 0.29) is 0 Å². The van der Waals surface area contributed by atoms with Crippen molar-refractivity contribution in [2.45, 2.75) is 32.8 Å². The van der Waals surface area contributed by atoms with Gasteiger partial charge in [0, 0.05) is 13.1 Å². The summed E-state index contributed by atoms with van der Waals surface area (Å²) in [5, 5.41) is 3.34. The predicted molar refractivity (Wildman–Crippen MR) is 51.3 cm³/mol. The second-order valence-electron chi connectivity index (χ2n) is 3.10. The predicted octanol–water partition coefficient (Wildman–Crippen LogP) is 1.72. The van der Waals surface area contributed by atoms with Gasteiger partial charge in [-0.1, -0.05) is 19.9 Å². The van der Waals surface area contributed by atoms with Crippen LogP contribution in [0.1, 0.15) is 26.7 Å². The van der Waals surface area contributed by atoms with E-state index in [0.717, 1.165) is 32.5 Å². The van der Waals surface area contributed by atoms with E-state index in [1.807, 2.05) is 0 Å². The van der Waals surface area contributed by atoms with Crippen molar-refractivity contribution in [3.63, 3.8) is 0 Å². The van der Waals surface area contributed by atoms with E-state index >= 15 is 0 Å². The third kappa shape index (κ3) is 2.61. The molecule has 1 N–H and O–H groups in total. The summed E-state index contributed by atoms with van der Waals surface area (Å²) in [5.41, 5.74) is 1.45. The highest BCUT2D eigenvalue weighted by Gasteiger charge is 2.15. The molecule has 1 atom stereocenters. The van der Waals surface area contributed by atoms with Gasteiger partial charge in [-0.3, -0.25) is 0 Å². The highest BCUT2D eigenvalue weighted by molar-refractivity contribution is 5.09. The van der Waals surface area contributed by atoms with Gasteiger partial charge in [-0.25, -0.2) is 0 Å². The lowest BCUT2D eigenvalue weighted by molar-refractivity contribution is 0.0500. The summed E-state index contributed by atoms with van der Waals surface area (Å²) in [7, 11) is 0. The highest BCUT2D eigenvalue weighted by atomic mass is 16.5. The van der Waals surface area contributed by atoms with Crippen LogP contribution in [0.15, 0.2) is 11.6 Å². The topological polar surface area (TPSA) is 21.3 Å². The molecule has 2 heteroatoms. The molecule has 1 aliphatic heterocycles. The van der Waals surface area contributed by atoms with E-state index in [1.165, 1.54) is 5.57 Å². The van der Waals surface area contributed by atoms with Crippen molar-refractivity contribution in [2.75, 3.05) is 19.7 Å². The van der Waals surface area contributed by atoms with Crippen LogP contribution >= 0.6 is 0 Å². The van der Waals surface area contributed by atoms with Crippen LogP contribution in [0.2, 0.25) is 0 Å². The van der Waals surface area contributed by atoms with Gasteiger partial charge in [0.05, 0.1) is 12.7 Å². The Bertz CT molecular complexity index is 148. The molecule has 1 heterocycles. The van der Waals surface area contributed by atoms with Crippen LogP contribution < -0.4 is 5.32 Å². The van der Waals surface area contributed by atoms with Gasteiger partial charge in [-0.15, -0.1) is 0 Å². The monoisotopic (exact) mass is 169 g/mol. The Morgan fingerprint density at radius 2 is 2.42 bits per heavy atom. The molecule has 1 unspecified atom stereocenters. The normalized spacial score (nSPS) is 25.8. The lowest BCUT2D eigenvalue weighted by Gasteiger charge is -2.25. The molecule has 0 amide bonds. The minimum absolute atomic E-state index is 0.337. The van der Waals surface area contributed by atoms with E-state index in [9.17, 15) is 0 Å². The number of hydrogen-bond donors (Lipinski definition) is 1. The zero-order chi connectivity index (χ0) is 8.81. The van der Waals surface area contributed by atoms with Gasteiger partial charge in [0.2, 0.25) is 0 Å². The van der Waals surface area contributed by atoms with Crippen LogP contribution in [0.4, 0.5) is 0 Å². The summed E-state index contributed by atoms with van der Waals surface area (Å²) in [6, 6.07) is 0. The summed E-state index contributed by atoms with van der Waals surface area (Å²) >= 11 is 0. The standard InChI is InChI=1S/C10H19NO/c1-3-5-9(4-2)10-8-11-6-7-12-10/h5,10-11H,3-4,6-8H2,1-2H3. The number of hydrogen-bond acceptors (Lipinski definition) is 2. The SMILES string of the molecule is CCC=C(CC)C1CNCCO1. The van der Waals surface area contributed by atoms with Crippen molar-refractivity contribution >= 4 is 0 Å². The second-order valence-corrected chi connectivity index (χ2v) is 3.10. The Labute approximate surface area is 75.0 Å². The van der Waals surface area contributed by atoms with Gasteiger partial charge in [0.25, 0.3) is 0 Å². The zero-order valence-corrected chi connectivity index (χ0v) is 8.10. The molecular formula is C10H19NO. The molecule has 0 aromatic rings. The summed E-state index contributed by atoms with van der Waals surface area (Å²) < 4.78 is 5.65. The maximum Gasteiger partial charge on any atom is 0.0909 e. The van der Waals surface area contributed by atoms with E-state index in [4.69, 9.17) is 4.74 Å². The molecule has 1 rings (SSSR count). The van der Waals surface area contributed by atoms with Crippen molar-refractivity contribution in [3.8, 4) is 0 Å². The van der Waals surface area contributed by atoms with E-state index in [1.54, 1.807) is 0 Å². The lowest BCUT2D eigenvalue weighted by Crippen LogP contribution is -2.39. The third-order valence-electron chi connectivity index (χ3n) is 2.22. The van der Waals surface area contributed by atoms with Crippen molar-refractivity contribution in [1.29, 1.82) is 0 Å². The number of allylic oxidation sites excluding steroid dienone is 1. The Morgan fingerprint density at radius 3 is 2.92 bits per heavy atom. The van der Waals surface area contributed by atoms with Crippen LogP contribution in [0, 0.1) is 0 Å². The fourth-order valence-corrected chi connectivity index (χ4v) is 1.57. The van der Waals surface area contributed by atoms with Gasteiger partial charge >= 0.3 is 0 Å². The Kier molecular flexibility index (Phi) is 4.33. The van der Waals surface area contributed by atoms with Gasteiger partial charge in [-0.2, -0.15) is 0 Å². The maximum atomic E-state index is 5.65. The van der Waals surface area contributed by atoms with Crippen molar-refractivity contribution in [2.24, 2.45) is 0 Å². The number of nitrogens with one attached hydrogen (secondary N) is 1. The summed E-state index contributed by atoms with van der Waals surface area (Å²) in [6.07, 6.45) is 4.85. The summed E-state index contributed by atoms with van der Waals surface area (Å²) in [6.45, 7) is 7.20. The van der Waals surface area contributed by atoms with Crippen LogP contribution in [0.25, 0.3) is 0 Å². The van der Waals surface area contributed by atoms with Gasteiger partial charge in [-0.05, 0) is 18.4 Å². The molecular weight excluding hydrogens is 150 g/mol. The molecule has 0 bridgehead atoms. The lowest BCUT2D eigenvalue weighted by atomic mass is 10.1. The molecule has 1 aliphatic rings. The summed E-state index contributed by atoms with van der Waals surface area (Å²) in [4.78, 5) is 0. The molecule has 1 fully saturated rings. The van der Waals surface area contributed by atoms with Gasteiger partial charge in [0.15, 0.2) is 0 Å². The average molecular weight is 169 g/mol. The first-order valence-corrected chi connectivity index (χ1v) is 4.89. The third-order valence-corrected chi connectivity index (χ3v) is 2.22. The molecule has 0 saturated carbocycles. The van der Waals surface area contributed by atoms with E-state index < -0.39 is 0 Å². The Morgan fingerprint density at radius 1 is 1.58 bits per heavy atom. The molecule has 0 aromatic heterocycles.